The van der Waals surface area contributed by atoms with E-state index in [2.05, 4.69) is 5.32 Å². The summed E-state index contributed by atoms with van der Waals surface area (Å²) in [7, 11) is 1.57. The minimum absolute atomic E-state index is 0.00557. The van der Waals surface area contributed by atoms with E-state index in [1.165, 1.54) is 5.56 Å². The third-order valence-corrected chi connectivity index (χ3v) is 3.04. The van der Waals surface area contributed by atoms with Crippen LogP contribution in [-0.2, 0) is 9.53 Å². The molecule has 0 bridgehead atoms. The van der Waals surface area contributed by atoms with Crippen LogP contribution in [-0.4, -0.2) is 25.7 Å². The van der Waals surface area contributed by atoms with E-state index < -0.39 is 0 Å². The standard InChI is InChI=1S/C14H22N2O2/c1-10-6-4-5-7-13(10)11(2)16-14(17)8-12(9-15)18-3/h4-7,11-12H,8-9,15H2,1-3H3,(H,16,17)/t11-,12?/m1/s1. The summed E-state index contributed by atoms with van der Waals surface area (Å²) in [5, 5.41) is 2.96. The number of methoxy groups -OCH3 is 1. The Bertz CT molecular complexity index is 389. The minimum atomic E-state index is -0.214. The second-order valence-corrected chi connectivity index (χ2v) is 4.44. The van der Waals surface area contributed by atoms with Crippen LogP contribution in [0.5, 0.6) is 0 Å². The van der Waals surface area contributed by atoms with Gasteiger partial charge in [-0.15, -0.1) is 0 Å². The van der Waals surface area contributed by atoms with Gasteiger partial charge in [0.2, 0.25) is 5.91 Å². The molecular formula is C14H22N2O2. The van der Waals surface area contributed by atoms with Gasteiger partial charge in [-0.1, -0.05) is 24.3 Å². The highest BCUT2D eigenvalue weighted by molar-refractivity contribution is 5.77. The molecule has 0 saturated carbocycles. The van der Waals surface area contributed by atoms with E-state index in [0.29, 0.717) is 13.0 Å². The number of hydrogen-bond donors (Lipinski definition) is 2. The summed E-state index contributed by atoms with van der Waals surface area (Å²) in [5.74, 6) is -0.0388. The fourth-order valence-corrected chi connectivity index (χ4v) is 1.92. The molecule has 1 rings (SSSR count). The van der Waals surface area contributed by atoms with Gasteiger partial charge in [-0.2, -0.15) is 0 Å². The van der Waals surface area contributed by atoms with Gasteiger partial charge in [-0.3, -0.25) is 4.79 Å². The minimum Gasteiger partial charge on any atom is -0.380 e. The van der Waals surface area contributed by atoms with Gasteiger partial charge < -0.3 is 15.8 Å². The molecular weight excluding hydrogens is 228 g/mol. The molecule has 1 aromatic rings. The van der Waals surface area contributed by atoms with Crippen LogP contribution in [0.4, 0.5) is 0 Å². The Kier molecular flexibility index (Phi) is 5.82. The molecule has 1 aromatic carbocycles. The zero-order chi connectivity index (χ0) is 13.5. The van der Waals surface area contributed by atoms with Gasteiger partial charge in [0.25, 0.3) is 0 Å². The first-order valence-electron chi connectivity index (χ1n) is 6.16. The zero-order valence-electron chi connectivity index (χ0n) is 11.3. The number of rotatable bonds is 6. The fraction of sp³-hybridized carbons (Fsp3) is 0.500. The summed E-state index contributed by atoms with van der Waals surface area (Å²) in [6, 6.07) is 8.02. The Labute approximate surface area is 109 Å². The SMILES string of the molecule is COC(CN)CC(=O)N[C@H](C)c1ccccc1C. The molecule has 0 aliphatic rings. The van der Waals surface area contributed by atoms with E-state index in [9.17, 15) is 4.79 Å². The van der Waals surface area contributed by atoms with Crippen molar-refractivity contribution >= 4 is 5.91 Å². The summed E-state index contributed by atoms with van der Waals surface area (Å²) in [6.45, 7) is 4.36. The molecule has 3 N–H and O–H groups in total. The van der Waals surface area contributed by atoms with E-state index in [1.807, 2.05) is 38.1 Å². The number of hydrogen-bond acceptors (Lipinski definition) is 3. The fourth-order valence-electron chi connectivity index (χ4n) is 1.92. The van der Waals surface area contributed by atoms with Crippen molar-refractivity contribution < 1.29 is 9.53 Å². The van der Waals surface area contributed by atoms with Crippen molar-refractivity contribution in [2.24, 2.45) is 5.73 Å². The number of nitrogens with one attached hydrogen (secondary N) is 1. The third kappa shape index (κ3) is 4.13. The van der Waals surface area contributed by atoms with Gasteiger partial charge in [0.05, 0.1) is 18.6 Å². The highest BCUT2D eigenvalue weighted by atomic mass is 16.5. The number of carbonyl (C=O) groups is 1. The van der Waals surface area contributed by atoms with E-state index in [0.717, 1.165) is 5.56 Å². The summed E-state index contributed by atoms with van der Waals surface area (Å²) in [4.78, 5) is 11.8. The van der Waals surface area contributed by atoms with Gasteiger partial charge in [-0.05, 0) is 25.0 Å². The lowest BCUT2D eigenvalue weighted by molar-refractivity contribution is -0.124. The van der Waals surface area contributed by atoms with Gasteiger partial charge in [0, 0.05) is 13.7 Å². The molecule has 0 fully saturated rings. The Morgan fingerprint density at radius 2 is 2.11 bits per heavy atom. The molecule has 4 nitrogen and oxygen atoms in total. The van der Waals surface area contributed by atoms with Crippen LogP contribution < -0.4 is 11.1 Å². The van der Waals surface area contributed by atoms with Crippen LogP contribution in [0.2, 0.25) is 0 Å². The number of nitrogens with two attached hydrogens (primary N) is 1. The van der Waals surface area contributed by atoms with Crippen molar-refractivity contribution in [2.45, 2.75) is 32.4 Å². The van der Waals surface area contributed by atoms with Gasteiger partial charge in [0.1, 0.15) is 0 Å². The van der Waals surface area contributed by atoms with Crippen molar-refractivity contribution in [3.63, 3.8) is 0 Å². The third-order valence-electron chi connectivity index (χ3n) is 3.04. The number of benzene rings is 1. The molecule has 18 heavy (non-hydrogen) atoms. The Morgan fingerprint density at radius 1 is 1.44 bits per heavy atom. The largest absolute Gasteiger partial charge is 0.380 e. The van der Waals surface area contributed by atoms with Crippen LogP contribution >= 0.6 is 0 Å². The molecule has 1 unspecified atom stereocenters. The van der Waals surface area contributed by atoms with Crippen LogP contribution in [0.15, 0.2) is 24.3 Å². The maximum atomic E-state index is 11.8. The van der Waals surface area contributed by atoms with Gasteiger partial charge in [-0.25, -0.2) is 0 Å². The number of carbonyl (C=O) groups excluding carboxylic acids is 1. The van der Waals surface area contributed by atoms with Crippen molar-refractivity contribution in [1.82, 2.24) is 5.32 Å². The predicted molar refractivity (Wildman–Crippen MR) is 72.2 cm³/mol. The topological polar surface area (TPSA) is 64.3 Å². The molecule has 4 heteroatoms. The Balaban J connectivity index is 2.57. The molecule has 0 radical (unpaired) electrons. The summed E-state index contributed by atoms with van der Waals surface area (Å²) >= 11 is 0. The zero-order valence-corrected chi connectivity index (χ0v) is 11.3. The Hall–Kier alpha value is -1.39. The summed E-state index contributed by atoms with van der Waals surface area (Å²) < 4.78 is 5.10. The molecule has 0 aliphatic heterocycles. The second kappa shape index (κ2) is 7.13. The smallest absolute Gasteiger partial charge is 0.223 e. The van der Waals surface area contributed by atoms with E-state index in [4.69, 9.17) is 10.5 Å². The number of amides is 1. The van der Waals surface area contributed by atoms with Crippen LogP contribution in [0, 0.1) is 6.92 Å². The lowest BCUT2D eigenvalue weighted by Gasteiger charge is -2.18. The molecule has 0 aliphatic carbocycles. The lowest BCUT2D eigenvalue weighted by atomic mass is 10.0. The van der Waals surface area contributed by atoms with Crippen molar-refractivity contribution in [3.8, 4) is 0 Å². The normalized spacial score (nSPS) is 14.0. The second-order valence-electron chi connectivity index (χ2n) is 4.44. The van der Waals surface area contributed by atoms with Gasteiger partial charge >= 0.3 is 0 Å². The maximum Gasteiger partial charge on any atom is 0.223 e. The first-order chi connectivity index (χ1) is 8.58. The summed E-state index contributed by atoms with van der Waals surface area (Å²) in [6.07, 6.45) is 0.0810. The summed E-state index contributed by atoms with van der Waals surface area (Å²) in [5.41, 5.74) is 7.80. The monoisotopic (exact) mass is 250 g/mol. The van der Waals surface area contributed by atoms with E-state index in [-0.39, 0.29) is 18.1 Å². The van der Waals surface area contributed by atoms with Gasteiger partial charge in [0.15, 0.2) is 0 Å². The van der Waals surface area contributed by atoms with Crippen LogP contribution in [0.3, 0.4) is 0 Å². The van der Waals surface area contributed by atoms with Crippen LogP contribution in [0.25, 0.3) is 0 Å². The number of aryl methyl sites for hydroxylation is 1. The lowest BCUT2D eigenvalue weighted by Crippen LogP contribution is -2.33. The van der Waals surface area contributed by atoms with Crippen molar-refractivity contribution in [3.05, 3.63) is 35.4 Å². The average molecular weight is 250 g/mol. The highest BCUT2D eigenvalue weighted by Crippen LogP contribution is 2.16. The average Bonchev–Trinajstić information content (AvgIpc) is 2.36. The molecule has 2 atom stereocenters. The predicted octanol–water partition coefficient (Wildman–Crippen LogP) is 1.54. The highest BCUT2D eigenvalue weighted by Gasteiger charge is 2.15. The van der Waals surface area contributed by atoms with Crippen LogP contribution in [0.1, 0.15) is 30.5 Å². The van der Waals surface area contributed by atoms with Crippen molar-refractivity contribution in [1.29, 1.82) is 0 Å². The molecule has 0 heterocycles. The van der Waals surface area contributed by atoms with E-state index in [1.54, 1.807) is 7.11 Å². The number of ether oxygens (including phenoxy) is 1. The molecule has 0 spiro atoms. The first kappa shape index (κ1) is 14.7. The quantitative estimate of drug-likeness (QED) is 0.805. The molecule has 0 saturated heterocycles. The molecule has 100 valence electrons. The molecule has 1 amide bonds. The Morgan fingerprint density at radius 3 is 2.67 bits per heavy atom. The van der Waals surface area contributed by atoms with E-state index >= 15 is 0 Å². The maximum absolute atomic E-state index is 11.8. The van der Waals surface area contributed by atoms with Crippen molar-refractivity contribution in [2.75, 3.05) is 13.7 Å². The molecule has 0 aromatic heterocycles. The first-order valence-corrected chi connectivity index (χ1v) is 6.16.